The molecular weight excluding hydrogens is 216 g/mol. The summed E-state index contributed by atoms with van der Waals surface area (Å²) in [6.07, 6.45) is 3.93. The Morgan fingerprint density at radius 1 is 1.24 bits per heavy atom. The molecule has 1 N–H and O–H groups in total. The summed E-state index contributed by atoms with van der Waals surface area (Å²) in [5.74, 6) is -0.468. The average Bonchev–Trinajstić information content (AvgIpc) is 2.55. The van der Waals surface area contributed by atoms with Crippen LogP contribution >= 0.6 is 0 Å². The molecule has 17 heavy (non-hydrogen) atoms. The zero-order chi connectivity index (χ0) is 12.4. The Labute approximate surface area is 99.9 Å². The van der Waals surface area contributed by atoms with Crippen LogP contribution in [0.2, 0.25) is 0 Å². The van der Waals surface area contributed by atoms with Crippen LogP contribution in [-0.4, -0.2) is 30.3 Å². The summed E-state index contributed by atoms with van der Waals surface area (Å²) < 4.78 is 0. The second-order valence-corrected chi connectivity index (χ2v) is 3.88. The molecular formula is C13H14N2O2. The Morgan fingerprint density at radius 2 is 1.94 bits per heavy atom. The van der Waals surface area contributed by atoms with Crippen LogP contribution in [0.25, 0.3) is 0 Å². The summed E-state index contributed by atoms with van der Waals surface area (Å²) in [6, 6.07) is 5.23. The number of fused-ring (bicyclic) bond motifs is 1. The van der Waals surface area contributed by atoms with Gasteiger partial charge in [0.2, 0.25) is 0 Å². The first kappa shape index (κ1) is 11.4. The fourth-order valence-corrected chi connectivity index (χ4v) is 1.77. The van der Waals surface area contributed by atoms with Crippen molar-refractivity contribution < 1.29 is 9.59 Å². The molecule has 1 aromatic rings. The van der Waals surface area contributed by atoms with E-state index in [-0.39, 0.29) is 11.8 Å². The summed E-state index contributed by atoms with van der Waals surface area (Å²) in [5, 5.41) is 3.16. The lowest BCUT2D eigenvalue weighted by Crippen LogP contribution is -2.24. The summed E-state index contributed by atoms with van der Waals surface area (Å²) in [6.45, 7) is 2.65. The van der Waals surface area contributed by atoms with E-state index in [0.717, 1.165) is 10.6 Å². The molecule has 0 aromatic heterocycles. The van der Waals surface area contributed by atoms with Gasteiger partial charge in [-0.25, -0.2) is 0 Å². The molecule has 0 unspecified atom stereocenters. The smallest absolute Gasteiger partial charge is 0.261 e. The first-order chi connectivity index (χ1) is 8.15. The van der Waals surface area contributed by atoms with Gasteiger partial charge < -0.3 is 5.32 Å². The molecule has 0 fully saturated rings. The molecule has 0 bridgehead atoms. The summed E-state index contributed by atoms with van der Waals surface area (Å²) in [4.78, 5) is 24.5. The molecule has 0 radical (unpaired) electrons. The fraction of sp³-hybridized carbons (Fsp3) is 0.231. The Morgan fingerprint density at radius 3 is 2.65 bits per heavy atom. The molecule has 2 rings (SSSR count). The van der Waals surface area contributed by atoms with Crippen molar-refractivity contribution in [3.8, 4) is 0 Å². The zero-order valence-electron chi connectivity index (χ0n) is 9.86. The third-order valence-corrected chi connectivity index (χ3v) is 2.75. The van der Waals surface area contributed by atoms with Crippen molar-refractivity contribution in [1.29, 1.82) is 0 Å². The predicted octanol–water partition coefficient (Wildman–Crippen LogP) is 1.90. The third kappa shape index (κ3) is 1.93. The molecule has 1 aromatic carbocycles. The normalized spacial score (nSPS) is 14.6. The first-order valence-corrected chi connectivity index (χ1v) is 5.46. The van der Waals surface area contributed by atoms with Gasteiger partial charge in [-0.05, 0) is 25.1 Å². The van der Waals surface area contributed by atoms with Crippen LogP contribution in [0.1, 0.15) is 27.6 Å². The highest BCUT2D eigenvalue weighted by Crippen LogP contribution is 2.24. The van der Waals surface area contributed by atoms with Crippen molar-refractivity contribution in [2.24, 2.45) is 0 Å². The van der Waals surface area contributed by atoms with Crippen LogP contribution < -0.4 is 5.32 Å². The van der Waals surface area contributed by atoms with Crippen molar-refractivity contribution in [2.75, 3.05) is 18.9 Å². The highest BCUT2D eigenvalue weighted by molar-refractivity contribution is 6.21. The number of imide groups is 1. The molecule has 2 amide bonds. The van der Waals surface area contributed by atoms with Crippen LogP contribution in [-0.2, 0) is 0 Å². The Kier molecular flexibility index (Phi) is 2.95. The van der Waals surface area contributed by atoms with Crippen LogP contribution in [0.3, 0.4) is 0 Å². The molecule has 0 aliphatic carbocycles. The topological polar surface area (TPSA) is 49.4 Å². The molecule has 4 nitrogen and oxygen atoms in total. The number of nitrogens with one attached hydrogen (secondary N) is 1. The van der Waals surface area contributed by atoms with Crippen molar-refractivity contribution in [2.45, 2.75) is 6.92 Å². The molecule has 0 atom stereocenters. The second-order valence-electron chi connectivity index (χ2n) is 3.88. The van der Waals surface area contributed by atoms with E-state index in [9.17, 15) is 9.59 Å². The number of amides is 2. The number of hydrogen-bond acceptors (Lipinski definition) is 3. The van der Waals surface area contributed by atoms with Crippen molar-refractivity contribution >= 4 is 17.5 Å². The number of rotatable bonds is 3. The molecule has 0 saturated carbocycles. The summed E-state index contributed by atoms with van der Waals surface area (Å²) >= 11 is 0. The lowest BCUT2D eigenvalue weighted by molar-refractivity contribution is 0.0693. The Hall–Kier alpha value is -2.10. The molecule has 1 aliphatic heterocycles. The van der Waals surface area contributed by atoms with Crippen LogP contribution in [0.4, 0.5) is 5.69 Å². The average molecular weight is 230 g/mol. The van der Waals surface area contributed by atoms with E-state index in [4.69, 9.17) is 0 Å². The SMILES string of the molecule is C/C=C/CNc1ccc2c(c1)C(=O)N(C)C2=O. The van der Waals surface area contributed by atoms with Crippen LogP contribution in [0.5, 0.6) is 0 Å². The van der Waals surface area contributed by atoms with Gasteiger partial charge in [-0.15, -0.1) is 0 Å². The quantitative estimate of drug-likeness (QED) is 0.637. The van der Waals surface area contributed by atoms with E-state index < -0.39 is 0 Å². The maximum atomic E-state index is 11.8. The van der Waals surface area contributed by atoms with Gasteiger partial charge in [0, 0.05) is 19.3 Å². The minimum Gasteiger partial charge on any atom is -0.382 e. The number of benzene rings is 1. The van der Waals surface area contributed by atoms with Gasteiger partial charge in [-0.3, -0.25) is 14.5 Å². The van der Waals surface area contributed by atoms with E-state index >= 15 is 0 Å². The predicted molar refractivity (Wildman–Crippen MR) is 66.2 cm³/mol. The van der Waals surface area contributed by atoms with Gasteiger partial charge in [-0.1, -0.05) is 12.2 Å². The fourth-order valence-electron chi connectivity index (χ4n) is 1.77. The zero-order valence-corrected chi connectivity index (χ0v) is 9.86. The highest BCUT2D eigenvalue weighted by Gasteiger charge is 2.32. The van der Waals surface area contributed by atoms with Crippen molar-refractivity contribution in [3.05, 3.63) is 41.5 Å². The molecule has 1 heterocycles. The monoisotopic (exact) mass is 230 g/mol. The van der Waals surface area contributed by atoms with Gasteiger partial charge >= 0.3 is 0 Å². The number of allylic oxidation sites excluding steroid dienone is 1. The lowest BCUT2D eigenvalue weighted by atomic mass is 10.1. The number of anilines is 1. The van der Waals surface area contributed by atoms with Gasteiger partial charge in [-0.2, -0.15) is 0 Å². The molecule has 4 heteroatoms. The van der Waals surface area contributed by atoms with E-state index in [1.54, 1.807) is 12.1 Å². The number of nitrogens with zero attached hydrogens (tertiary/aromatic N) is 1. The number of carbonyl (C=O) groups is 2. The van der Waals surface area contributed by atoms with E-state index in [1.807, 2.05) is 25.1 Å². The highest BCUT2D eigenvalue weighted by atomic mass is 16.2. The minimum atomic E-state index is -0.236. The number of hydrogen-bond donors (Lipinski definition) is 1. The third-order valence-electron chi connectivity index (χ3n) is 2.75. The minimum absolute atomic E-state index is 0.231. The standard InChI is InChI=1S/C13H14N2O2/c1-3-4-7-14-9-5-6-10-11(8-9)13(17)15(2)12(10)16/h3-6,8,14H,7H2,1-2H3/b4-3+. The van der Waals surface area contributed by atoms with E-state index in [0.29, 0.717) is 17.7 Å². The van der Waals surface area contributed by atoms with Gasteiger partial charge in [0.1, 0.15) is 0 Å². The summed E-state index contributed by atoms with van der Waals surface area (Å²) in [7, 11) is 1.50. The Bertz CT molecular complexity index is 506. The van der Waals surface area contributed by atoms with Gasteiger partial charge in [0.05, 0.1) is 11.1 Å². The van der Waals surface area contributed by atoms with Gasteiger partial charge in [0.15, 0.2) is 0 Å². The number of carbonyl (C=O) groups excluding carboxylic acids is 2. The summed E-state index contributed by atoms with van der Waals surface area (Å²) in [5.41, 5.74) is 1.80. The largest absolute Gasteiger partial charge is 0.382 e. The molecule has 1 aliphatic rings. The van der Waals surface area contributed by atoms with E-state index in [1.165, 1.54) is 7.05 Å². The maximum absolute atomic E-state index is 11.8. The molecule has 88 valence electrons. The van der Waals surface area contributed by atoms with Crippen LogP contribution in [0.15, 0.2) is 30.4 Å². The molecule has 0 saturated heterocycles. The Balaban J connectivity index is 2.27. The van der Waals surface area contributed by atoms with Crippen molar-refractivity contribution in [3.63, 3.8) is 0 Å². The maximum Gasteiger partial charge on any atom is 0.261 e. The van der Waals surface area contributed by atoms with Crippen molar-refractivity contribution in [1.82, 2.24) is 4.90 Å². The molecule has 0 spiro atoms. The van der Waals surface area contributed by atoms with Crippen LogP contribution in [0, 0.1) is 0 Å². The van der Waals surface area contributed by atoms with E-state index in [2.05, 4.69) is 5.32 Å². The second kappa shape index (κ2) is 4.41. The van der Waals surface area contributed by atoms with Gasteiger partial charge in [0.25, 0.3) is 11.8 Å². The lowest BCUT2D eigenvalue weighted by Gasteiger charge is -2.04. The first-order valence-electron chi connectivity index (χ1n) is 5.46.